The third-order valence-electron chi connectivity index (χ3n) is 1.15. The molecule has 0 aliphatic heterocycles. The van der Waals surface area contributed by atoms with Crippen molar-refractivity contribution < 1.29 is 4.79 Å². The summed E-state index contributed by atoms with van der Waals surface area (Å²) in [5.74, 6) is 0. The third-order valence-corrected chi connectivity index (χ3v) is 1.15. The van der Waals surface area contributed by atoms with Crippen molar-refractivity contribution in [3.8, 4) is 0 Å². The normalized spacial score (nSPS) is 11.1. The van der Waals surface area contributed by atoms with Gasteiger partial charge in [-0.2, -0.15) is 0 Å². The van der Waals surface area contributed by atoms with Crippen molar-refractivity contribution in [2.45, 2.75) is 19.8 Å². The van der Waals surface area contributed by atoms with Gasteiger partial charge in [0, 0.05) is 13.5 Å². The monoisotopic (exact) mass is 127 g/mol. The van der Waals surface area contributed by atoms with Crippen LogP contribution in [-0.2, 0) is 4.79 Å². The summed E-state index contributed by atoms with van der Waals surface area (Å²) < 4.78 is 0. The van der Waals surface area contributed by atoms with E-state index < -0.39 is 0 Å². The molecule has 0 radical (unpaired) electrons. The molecule has 0 fully saturated rings. The SMILES string of the molecule is CC/C(=C\NC)CC=O. The Hall–Kier alpha value is -0.790. The van der Waals surface area contributed by atoms with Gasteiger partial charge in [-0.25, -0.2) is 0 Å². The van der Waals surface area contributed by atoms with Crippen LogP contribution in [0.15, 0.2) is 11.8 Å². The van der Waals surface area contributed by atoms with Gasteiger partial charge in [-0.3, -0.25) is 0 Å². The number of rotatable bonds is 4. The lowest BCUT2D eigenvalue weighted by Crippen LogP contribution is -1.96. The Bertz CT molecular complexity index is 107. The van der Waals surface area contributed by atoms with Crippen molar-refractivity contribution >= 4 is 6.29 Å². The first kappa shape index (κ1) is 8.21. The van der Waals surface area contributed by atoms with Gasteiger partial charge >= 0.3 is 0 Å². The molecule has 2 nitrogen and oxygen atoms in total. The highest BCUT2D eigenvalue weighted by atomic mass is 16.1. The fraction of sp³-hybridized carbons (Fsp3) is 0.571. The zero-order valence-electron chi connectivity index (χ0n) is 5.98. The molecule has 0 aromatic heterocycles. The van der Waals surface area contributed by atoms with E-state index in [1.165, 1.54) is 0 Å². The van der Waals surface area contributed by atoms with E-state index >= 15 is 0 Å². The Morgan fingerprint density at radius 1 is 1.67 bits per heavy atom. The fourth-order valence-electron chi connectivity index (χ4n) is 0.616. The van der Waals surface area contributed by atoms with Crippen molar-refractivity contribution in [1.29, 1.82) is 0 Å². The van der Waals surface area contributed by atoms with Gasteiger partial charge in [0.15, 0.2) is 0 Å². The van der Waals surface area contributed by atoms with Crippen LogP contribution in [0.5, 0.6) is 0 Å². The molecule has 0 aromatic carbocycles. The molecule has 2 heteroatoms. The van der Waals surface area contributed by atoms with E-state index in [0.717, 1.165) is 18.3 Å². The van der Waals surface area contributed by atoms with Crippen molar-refractivity contribution in [3.63, 3.8) is 0 Å². The second-order valence-corrected chi connectivity index (χ2v) is 1.82. The highest BCUT2D eigenvalue weighted by Gasteiger charge is 1.89. The number of carbonyl (C=O) groups is 1. The molecule has 1 N–H and O–H groups in total. The zero-order valence-corrected chi connectivity index (χ0v) is 5.98. The van der Waals surface area contributed by atoms with E-state index in [4.69, 9.17) is 0 Å². The summed E-state index contributed by atoms with van der Waals surface area (Å²) in [5.41, 5.74) is 1.15. The summed E-state index contributed by atoms with van der Waals surface area (Å²) in [6, 6.07) is 0. The van der Waals surface area contributed by atoms with Crippen LogP contribution in [0.1, 0.15) is 19.8 Å². The average molecular weight is 127 g/mol. The van der Waals surface area contributed by atoms with E-state index in [2.05, 4.69) is 5.32 Å². The molecule has 0 aromatic rings. The summed E-state index contributed by atoms with van der Waals surface area (Å²) in [4.78, 5) is 9.98. The van der Waals surface area contributed by atoms with Gasteiger partial charge < -0.3 is 10.1 Å². The van der Waals surface area contributed by atoms with E-state index in [0.29, 0.717) is 6.42 Å². The predicted octanol–water partition coefficient (Wildman–Crippen LogP) is 1.09. The summed E-state index contributed by atoms with van der Waals surface area (Å²) in [6.45, 7) is 2.03. The Morgan fingerprint density at radius 3 is 2.67 bits per heavy atom. The molecular formula is C7H13NO. The fourth-order valence-corrected chi connectivity index (χ4v) is 0.616. The Balaban J connectivity index is 3.65. The smallest absolute Gasteiger partial charge is 0.124 e. The summed E-state index contributed by atoms with van der Waals surface area (Å²) in [7, 11) is 1.83. The highest BCUT2D eigenvalue weighted by molar-refractivity contribution is 5.54. The van der Waals surface area contributed by atoms with E-state index in [9.17, 15) is 4.79 Å². The Kier molecular flexibility index (Phi) is 4.88. The van der Waals surface area contributed by atoms with Gasteiger partial charge in [-0.05, 0) is 18.2 Å². The minimum Gasteiger partial charge on any atom is -0.394 e. The van der Waals surface area contributed by atoms with Crippen LogP contribution in [0.4, 0.5) is 0 Å². The van der Waals surface area contributed by atoms with E-state index in [1.54, 1.807) is 0 Å². The number of carbonyl (C=O) groups excluding carboxylic acids is 1. The maximum absolute atomic E-state index is 9.98. The van der Waals surface area contributed by atoms with E-state index in [1.807, 2.05) is 20.2 Å². The molecule has 0 bridgehead atoms. The van der Waals surface area contributed by atoms with Gasteiger partial charge in [0.2, 0.25) is 0 Å². The second kappa shape index (κ2) is 5.35. The topological polar surface area (TPSA) is 29.1 Å². The lowest BCUT2D eigenvalue weighted by molar-refractivity contribution is -0.107. The third kappa shape index (κ3) is 3.76. The summed E-state index contributed by atoms with van der Waals surface area (Å²) in [6.07, 6.45) is 4.29. The first-order chi connectivity index (χ1) is 4.35. The minimum absolute atomic E-state index is 0.553. The van der Waals surface area contributed by atoms with Gasteiger partial charge in [-0.1, -0.05) is 6.92 Å². The number of nitrogens with one attached hydrogen (secondary N) is 1. The highest BCUT2D eigenvalue weighted by Crippen LogP contribution is 2.00. The van der Waals surface area contributed by atoms with Crippen LogP contribution in [0.3, 0.4) is 0 Å². The second-order valence-electron chi connectivity index (χ2n) is 1.82. The van der Waals surface area contributed by atoms with Crippen LogP contribution < -0.4 is 5.32 Å². The largest absolute Gasteiger partial charge is 0.394 e. The summed E-state index contributed by atoms with van der Waals surface area (Å²) >= 11 is 0. The molecule has 0 heterocycles. The maximum atomic E-state index is 9.98. The van der Waals surface area contributed by atoms with Crippen molar-refractivity contribution in [2.75, 3.05) is 7.05 Å². The molecule has 0 unspecified atom stereocenters. The van der Waals surface area contributed by atoms with Crippen LogP contribution in [0.2, 0.25) is 0 Å². The van der Waals surface area contributed by atoms with Crippen LogP contribution in [0.25, 0.3) is 0 Å². The molecule has 9 heavy (non-hydrogen) atoms. The first-order valence-electron chi connectivity index (χ1n) is 3.14. The molecule has 0 spiro atoms. The Morgan fingerprint density at radius 2 is 2.33 bits per heavy atom. The average Bonchev–Trinajstić information content (AvgIpc) is 1.88. The van der Waals surface area contributed by atoms with Gasteiger partial charge in [0.25, 0.3) is 0 Å². The van der Waals surface area contributed by atoms with Crippen LogP contribution in [0, 0.1) is 0 Å². The number of allylic oxidation sites excluding steroid dienone is 1. The van der Waals surface area contributed by atoms with Crippen molar-refractivity contribution in [2.24, 2.45) is 0 Å². The molecular weight excluding hydrogens is 114 g/mol. The molecule has 0 rings (SSSR count). The molecule has 0 aliphatic carbocycles. The molecule has 52 valence electrons. The van der Waals surface area contributed by atoms with Gasteiger partial charge in [-0.15, -0.1) is 0 Å². The van der Waals surface area contributed by atoms with E-state index in [-0.39, 0.29) is 0 Å². The lowest BCUT2D eigenvalue weighted by atomic mass is 10.2. The molecule has 0 amide bonds. The molecule has 0 atom stereocenters. The quantitative estimate of drug-likeness (QED) is 0.573. The predicted molar refractivity (Wildman–Crippen MR) is 38.1 cm³/mol. The maximum Gasteiger partial charge on any atom is 0.124 e. The Labute approximate surface area is 56.0 Å². The molecule has 0 saturated carbocycles. The van der Waals surface area contributed by atoms with Crippen LogP contribution >= 0.6 is 0 Å². The first-order valence-corrected chi connectivity index (χ1v) is 3.14. The molecule has 0 saturated heterocycles. The van der Waals surface area contributed by atoms with Gasteiger partial charge in [0.1, 0.15) is 6.29 Å². The van der Waals surface area contributed by atoms with Gasteiger partial charge in [0.05, 0.1) is 0 Å². The van der Waals surface area contributed by atoms with Crippen molar-refractivity contribution in [3.05, 3.63) is 11.8 Å². The number of hydrogen-bond acceptors (Lipinski definition) is 2. The standard InChI is InChI=1S/C7H13NO/c1-3-7(4-5-9)6-8-2/h5-6,8H,3-4H2,1-2H3/b7-6+. The number of hydrogen-bond donors (Lipinski definition) is 1. The lowest BCUT2D eigenvalue weighted by Gasteiger charge is -1.96. The van der Waals surface area contributed by atoms with Crippen molar-refractivity contribution in [1.82, 2.24) is 5.32 Å². The van der Waals surface area contributed by atoms with Crippen LogP contribution in [-0.4, -0.2) is 13.3 Å². The minimum atomic E-state index is 0.553. The molecule has 0 aliphatic rings. The zero-order chi connectivity index (χ0) is 7.11. The number of aldehydes is 1. The summed E-state index contributed by atoms with van der Waals surface area (Å²) in [5, 5.41) is 2.88.